The third kappa shape index (κ3) is 5.42. The molecule has 2 heterocycles. The van der Waals surface area contributed by atoms with Gasteiger partial charge < -0.3 is 15.0 Å². The van der Waals surface area contributed by atoms with Gasteiger partial charge in [-0.2, -0.15) is 0 Å². The van der Waals surface area contributed by atoms with Crippen molar-refractivity contribution in [3.63, 3.8) is 0 Å². The summed E-state index contributed by atoms with van der Waals surface area (Å²) in [5.74, 6) is 0.698. The predicted octanol–water partition coefficient (Wildman–Crippen LogP) is 2.57. The molecule has 1 N–H and O–H groups in total. The number of carbonyl (C=O) groups excluding carboxylic acids is 2. The number of rotatable bonds is 6. The number of ether oxygens (including phenoxy) is 1. The first-order valence-corrected chi connectivity index (χ1v) is 9.65. The number of hydrogen-bond donors (Lipinski definition) is 1. The van der Waals surface area contributed by atoms with Crippen molar-refractivity contribution in [2.75, 3.05) is 19.6 Å². The average Bonchev–Trinajstić information content (AvgIpc) is 2.72. The minimum absolute atomic E-state index is 0.0381. The largest absolute Gasteiger partial charge is 0.481 e. The molecule has 1 aromatic heterocycles. The third-order valence-electron chi connectivity index (χ3n) is 4.76. The van der Waals surface area contributed by atoms with E-state index in [0.29, 0.717) is 41.9 Å². The van der Waals surface area contributed by atoms with Crippen LogP contribution in [-0.2, 0) is 4.79 Å². The van der Waals surface area contributed by atoms with E-state index < -0.39 is 6.10 Å². The number of hydrogen-bond acceptors (Lipinski definition) is 5. The van der Waals surface area contributed by atoms with Crippen molar-refractivity contribution >= 4 is 23.4 Å². The summed E-state index contributed by atoms with van der Waals surface area (Å²) in [4.78, 5) is 34.2. The number of likely N-dealkylation sites (tertiary alicyclic amines) is 1. The van der Waals surface area contributed by atoms with Crippen molar-refractivity contribution in [2.45, 2.75) is 25.9 Å². The molecule has 0 bridgehead atoms. The van der Waals surface area contributed by atoms with Crippen LogP contribution in [0.25, 0.3) is 0 Å². The van der Waals surface area contributed by atoms with E-state index in [1.807, 2.05) is 4.90 Å². The van der Waals surface area contributed by atoms with Crippen LogP contribution in [-0.4, -0.2) is 52.4 Å². The van der Waals surface area contributed by atoms with Crippen molar-refractivity contribution in [1.82, 2.24) is 20.2 Å². The molecule has 1 aliphatic heterocycles. The van der Waals surface area contributed by atoms with Gasteiger partial charge in [-0.25, -0.2) is 9.97 Å². The van der Waals surface area contributed by atoms with Crippen LogP contribution in [0.2, 0.25) is 5.02 Å². The fraction of sp³-hybridized carbons (Fsp3) is 0.400. The van der Waals surface area contributed by atoms with Crippen molar-refractivity contribution < 1.29 is 14.3 Å². The van der Waals surface area contributed by atoms with E-state index in [2.05, 4.69) is 15.3 Å². The van der Waals surface area contributed by atoms with Gasteiger partial charge >= 0.3 is 0 Å². The minimum Gasteiger partial charge on any atom is -0.481 e. The molecule has 1 saturated heterocycles. The quantitative estimate of drug-likeness (QED) is 0.802. The summed E-state index contributed by atoms with van der Waals surface area (Å²) in [6.07, 6.45) is 5.46. The summed E-state index contributed by atoms with van der Waals surface area (Å²) >= 11 is 5.95. The van der Waals surface area contributed by atoms with E-state index in [1.165, 1.54) is 18.7 Å². The van der Waals surface area contributed by atoms with Gasteiger partial charge in [0.2, 0.25) is 0 Å². The molecule has 1 aliphatic rings. The van der Waals surface area contributed by atoms with Crippen LogP contribution >= 0.6 is 11.6 Å². The Morgan fingerprint density at radius 1 is 1.29 bits per heavy atom. The first kappa shape index (κ1) is 20.1. The molecule has 1 aromatic carbocycles. The Morgan fingerprint density at radius 2 is 2.00 bits per heavy atom. The van der Waals surface area contributed by atoms with Gasteiger partial charge in [0.25, 0.3) is 11.8 Å². The van der Waals surface area contributed by atoms with Gasteiger partial charge in [-0.15, -0.1) is 0 Å². The lowest BCUT2D eigenvalue weighted by Crippen LogP contribution is -2.46. The van der Waals surface area contributed by atoms with E-state index in [4.69, 9.17) is 16.3 Å². The summed E-state index contributed by atoms with van der Waals surface area (Å²) in [6, 6.07) is 7.02. The Morgan fingerprint density at radius 3 is 2.68 bits per heavy atom. The lowest BCUT2D eigenvalue weighted by Gasteiger charge is -2.33. The Hall–Kier alpha value is -2.67. The van der Waals surface area contributed by atoms with Crippen molar-refractivity contribution in [3.8, 4) is 5.75 Å². The maximum absolute atomic E-state index is 12.6. The van der Waals surface area contributed by atoms with Crippen LogP contribution in [0.4, 0.5) is 0 Å². The van der Waals surface area contributed by atoms with Crippen LogP contribution in [0, 0.1) is 5.92 Å². The zero-order valence-corrected chi connectivity index (χ0v) is 16.4. The summed E-state index contributed by atoms with van der Waals surface area (Å²) in [6.45, 7) is 3.62. The van der Waals surface area contributed by atoms with E-state index in [9.17, 15) is 9.59 Å². The van der Waals surface area contributed by atoms with Crippen molar-refractivity contribution in [2.24, 2.45) is 5.92 Å². The van der Waals surface area contributed by atoms with Gasteiger partial charge in [-0.1, -0.05) is 17.7 Å². The maximum Gasteiger partial charge on any atom is 0.263 e. The number of nitrogens with zero attached hydrogens (tertiary/aromatic N) is 3. The minimum atomic E-state index is -0.576. The van der Waals surface area contributed by atoms with Crippen LogP contribution < -0.4 is 10.1 Å². The molecule has 28 heavy (non-hydrogen) atoms. The molecule has 3 rings (SSSR count). The van der Waals surface area contributed by atoms with E-state index in [1.54, 1.807) is 31.2 Å². The van der Waals surface area contributed by atoms with Crippen LogP contribution in [0.3, 0.4) is 0 Å². The standard InChI is InChI=1S/C20H23ClN4O3/c1-14(28-18-4-2-3-17(21)9-18)20(27)25-7-5-15(6-8-25)10-24-19(26)16-11-22-13-23-12-16/h2-4,9,11-15H,5-8,10H2,1H3,(H,24,26). The second kappa shape index (κ2) is 9.50. The zero-order valence-electron chi connectivity index (χ0n) is 15.7. The summed E-state index contributed by atoms with van der Waals surface area (Å²) in [5.41, 5.74) is 0.446. The molecular weight excluding hydrogens is 380 g/mol. The molecule has 2 aromatic rings. The second-order valence-electron chi connectivity index (χ2n) is 6.82. The lowest BCUT2D eigenvalue weighted by atomic mass is 9.96. The highest BCUT2D eigenvalue weighted by molar-refractivity contribution is 6.30. The lowest BCUT2D eigenvalue weighted by molar-refractivity contribution is -0.139. The molecular formula is C20H23ClN4O3. The highest BCUT2D eigenvalue weighted by Crippen LogP contribution is 2.21. The number of amides is 2. The van der Waals surface area contributed by atoms with E-state index in [0.717, 1.165) is 12.8 Å². The van der Waals surface area contributed by atoms with Crippen LogP contribution in [0.15, 0.2) is 43.0 Å². The second-order valence-corrected chi connectivity index (χ2v) is 7.26. The molecule has 1 unspecified atom stereocenters. The van der Waals surface area contributed by atoms with E-state index in [-0.39, 0.29) is 11.8 Å². The molecule has 1 fully saturated rings. The Balaban J connectivity index is 1.43. The fourth-order valence-corrected chi connectivity index (χ4v) is 3.35. The highest BCUT2D eigenvalue weighted by atomic mass is 35.5. The van der Waals surface area contributed by atoms with Crippen LogP contribution in [0.1, 0.15) is 30.1 Å². The monoisotopic (exact) mass is 402 g/mol. The Labute approximate surface area is 169 Å². The molecule has 0 spiro atoms. The molecule has 2 amide bonds. The fourth-order valence-electron chi connectivity index (χ4n) is 3.16. The van der Waals surface area contributed by atoms with Gasteiger partial charge in [0.1, 0.15) is 12.1 Å². The topological polar surface area (TPSA) is 84.4 Å². The maximum atomic E-state index is 12.6. The average molecular weight is 403 g/mol. The molecule has 8 heteroatoms. The first-order chi connectivity index (χ1) is 13.5. The molecule has 0 aliphatic carbocycles. The number of halogens is 1. The SMILES string of the molecule is CC(Oc1cccc(Cl)c1)C(=O)N1CCC(CNC(=O)c2cncnc2)CC1. The summed E-state index contributed by atoms with van der Waals surface area (Å²) in [5, 5.41) is 3.49. The van der Waals surface area contributed by atoms with E-state index >= 15 is 0 Å². The molecule has 1 atom stereocenters. The summed E-state index contributed by atoms with van der Waals surface area (Å²) in [7, 11) is 0. The highest BCUT2D eigenvalue weighted by Gasteiger charge is 2.27. The smallest absolute Gasteiger partial charge is 0.263 e. The molecule has 0 saturated carbocycles. The zero-order chi connectivity index (χ0) is 19.9. The molecule has 7 nitrogen and oxygen atoms in total. The van der Waals surface area contributed by atoms with Gasteiger partial charge in [-0.05, 0) is 43.9 Å². The normalized spacial score (nSPS) is 15.7. The summed E-state index contributed by atoms with van der Waals surface area (Å²) < 4.78 is 5.72. The predicted molar refractivity (Wildman–Crippen MR) is 105 cm³/mol. The van der Waals surface area contributed by atoms with Crippen LogP contribution in [0.5, 0.6) is 5.75 Å². The van der Waals surface area contributed by atoms with Gasteiger partial charge in [0, 0.05) is 37.1 Å². The molecule has 148 valence electrons. The number of carbonyl (C=O) groups is 2. The van der Waals surface area contributed by atoms with Gasteiger partial charge in [0.05, 0.1) is 5.56 Å². The number of piperidine rings is 1. The van der Waals surface area contributed by atoms with Crippen molar-refractivity contribution in [1.29, 1.82) is 0 Å². The Kier molecular flexibility index (Phi) is 6.81. The number of benzene rings is 1. The number of aromatic nitrogens is 2. The Bertz CT molecular complexity index is 810. The van der Waals surface area contributed by atoms with Crippen molar-refractivity contribution in [3.05, 3.63) is 53.6 Å². The van der Waals surface area contributed by atoms with Gasteiger partial charge in [0.15, 0.2) is 6.10 Å². The third-order valence-corrected chi connectivity index (χ3v) is 4.99. The van der Waals surface area contributed by atoms with Gasteiger partial charge in [-0.3, -0.25) is 9.59 Å². The first-order valence-electron chi connectivity index (χ1n) is 9.27. The molecule has 0 radical (unpaired) electrons. The number of nitrogens with one attached hydrogen (secondary N) is 1.